The minimum atomic E-state index is 0.736. The predicted octanol–water partition coefficient (Wildman–Crippen LogP) is 1.19. The van der Waals surface area contributed by atoms with Gasteiger partial charge in [0.25, 0.3) is 0 Å². The van der Waals surface area contributed by atoms with E-state index in [1.165, 1.54) is 11.3 Å². The van der Waals surface area contributed by atoms with Crippen LogP contribution in [-0.4, -0.2) is 44.5 Å². The van der Waals surface area contributed by atoms with Gasteiger partial charge in [-0.05, 0) is 32.4 Å². The number of hydrogen-bond acceptors (Lipinski definition) is 6. The summed E-state index contributed by atoms with van der Waals surface area (Å²) in [5, 5.41) is 11.5. The van der Waals surface area contributed by atoms with Gasteiger partial charge in [-0.3, -0.25) is 9.58 Å². The molecule has 1 saturated heterocycles. The summed E-state index contributed by atoms with van der Waals surface area (Å²) in [7, 11) is 1.95. The van der Waals surface area contributed by atoms with Crippen LogP contribution >= 0.6 is 11.3 Å². The molecule has 0 spiro atoms. The van der Waals surface area contributed by atoms with E-state index >= 15 is 0 Å². The Labute approximate surface area is 129 Å². The highest BCUT2D eigenvalue weighted by Gasteiger charge is 2.20. The molecular formula is C14H22N6S. The van der Waals surface area contributed by atoms with Gasteiger partial charge in [0.1, 0.15) is 0 Å². The molecule has 3 heterocycles. The van der Waals surface area contributed by atoms with Crippen LogP contribution in [-0.2, 0) is 20.1 Å². The summed E-state index contributed by atoms with van der Waals surface area (Å²) in [6.07, 6.45) is 3.13. The van der Waals surface area contributed by atoms with E-state index in [0.29, 0.717) is 0 Å². The van der Waals surface area contributed by atoms with Crippen molar-refractivity contribution in [2.75, 3.05) is 19.6 Å². The van der Waals surface area contributed by atoms with Crippen molar-refractivity contribution in [3.8, 4) is 0 Å². The van der Waals surface area contributed by atoms with E-state index in [9.17, 15) is 0 Å². The van der Waals surface area contributed by atoms with Gasteiger partial charge in [0.2, 0.25) is 0 Å². The Morgan fingerprint density at radius 3 is 3.00 bits per heavy atom. The number of hydrogen-bond donors (Lipinski definition) is 1. The molecule has 21 heavy (non-hydrogen) atoms. The van der Waals surface area contributed by atoms with Gasteiger partial charge < -0.3 is 5.32 Å². The average Bonchev–Trinajstić information content (AvgIpc) is 3.17. The van der Waals surface area contributed by atoms with E-state index in [0.717, 1.165) is 50.0 Å². The second kappa shape index (κ2) is 6.64. The molecule has 0 aromatic carbocycles. The molecule has 0 bridgehead atoms. The van der Waals surface area contributed by atoms with Crippen molar-refractivity contribution in [3.63, 3.8) is 0 Å². The summed E-state index contributed by atoms with van der Waals surface area (Å²) in [5.74, 6) is 0.736. The lowest BCUT2D eigenvalue weighted by atomic mass is 10.1. The molecule has 6 nitrogen and oxygen atoms in total. The molecule has 1 aliphatic heterocycles. The van der Waals surface area contributed by atoms with Crippen molar-refractivity contribution >= 4 is 11.3 Å². The van der Waals surface area contributed by atoms with Crippen LogP contribution < -0.4 is 5.32 Å². The highest BCUT2D eigenvalue weighted by Crippen LogP contribution is 2.19. The highest BCUT2D eigenvalue weighted by molar-refractivity contribution is 7.09. The van der Waals surface area contributed by atoms with E-state index in [1.807, 2.05) is 23.4 Å². The lowest BCUT2D eigenvalue weighted by Crippen LogP contribution is -2.30. The van der Waals surface area contributed by atoms with Crippen molar-refractivity contribution in [3.05, 3.63) is 28.0 Å². The third-order valence-corrected chi connectivity index (χ3v) is 5.00. The Balaban J connectivity index is 1.70. The minimum Gasteiger partial charge on any atom is -0.316 e. The SMILES string of the molecule is Cc1ncsc1CN(Cc1cnnn1C)C[C@@H]1CCNC1. The van der Waals surface area contributed by atoms with Gasteiger partial charge in [0, 0.05) is 31.6 Å². The fourth-order valence-corrected chi connectivity index (χ4v) is 3.60. The normalized spacial score (nSPS) is 18.7. The molecule has 0 unspecified atom stereocenters. The van der Waals surface area contributed by atoms with Crippen LogP contribution in [0, 0.1) is 12.8 Å². The Morgan fingerprint density at radius 2 is 2.38 bits per heavy atom. The van der Waals surface area contributed by atoms with Crippen LogP contribution in [0.25, 0.3) is 0 Å². The first kappa shape index (κ1) is 14.6. The van der Waals surface area contributed by atoms with Crippen LogP contribution in [0.4, 0.5) is 0 Å². The molecule has 1 fully saturated rings. The molecular weight excluding hydrogens is 284 g/mol. The molecule has 7 heteroatoms. The largest absolute Gasteiger partial charge is 0.316 e. The van der Waals surface area contributed by atoms with Gasteiger partial charge in [0.05, 0.1) is 23.1 Å². The van der Waals surface area contributed by atoms with Crippen molar-refractivity contribution < 1.29 is 0 Å². The zero-order valence-electron chi connectivity index (χ0n) is 12.6. The first-order chi connectivity index (χ1) is 10.2. The van der Waals surface area contributed by atoms with Crippen LogP contribution in [0.5, 0.6) is 0 Å². The maximum absolute atomic E-state index is 4.37. The van der Waals surface area contributed by atoms with E-state index in [-0.39, 0.29) is 0 Å². The zero-order valence-corrected chi connectivity index (χ0v) is 13.4. The topological polar surface area (TPSA) is 58.9 Å². The van der Waals surface area contributed by atoms with Gasteiger partial charge in [-0.1, -0.05) is 5.21 Å². The molecule has 0 radical (unpaired) electrons. The Hall–Kier alpha value is -1.31. The van der Waals surface area contributed by atoms with Crippen molar-refractivity contribution in [1.29, 1.82) is 0 Å². The van der Waals surface area contributed by atoms with Crippen LogP contribution in [0.2, 0.25) is 0 Å². The average molecular weight is 306 g/mol. The van der Waals surface area contributed by atoms with E-state index < -0.39 is 0 Å². The predicted molar refractivity (Wildman–Crippen MR) is 82.9 cm³/mol. The van der Waals surface area contributed by atoms with E-state index in [4.69, 9.17) is 0 Å². The molecule has 0 amide bonds. The van der Waals surface area contributed by atoms with Crippen LogP contribution in [0.15, 0.2) is 11.7 Å². The van der Waals surface area contributed by atoms with Crippen molar-refractivity contribution in [2.45, 2.75) is 26.4 Å². The fraction of sp³-hybridized carbons (Fsp3) is 0.643. The summed E-state index contributed by atoms with van der Waals surface area (Å²) < 4.78 is 1.86. The first-order valence-electron chi connectivity index (χ1n) is 7.38. The van der Waals surface area contributed by atoms with Gasteiger partial charge in [-0.15, -0.1) is 16.4 Å². The maximum Gasteiger partial charge on any atom is 0.0798 e. The highest BCUT2D eigenvalue weighted by atomic mass is 32.1. The Bertz CT molecular complexity index is 529. The number of nitrogens with zero attached hydrogens (tertiary/aromatic N) is 5. The van der Waals surface area contributed by atoms with Gasteiger partial charge in [-0.25, -0.2) is 4.98 Å². The number of nitrogens with one attached hydrogen (secondary N) is 1. The number of rotatable bonds is 6. The second-order valence-electron chi connectivity index (χ2n) is 5.74. The molecule has 1 aliphatic rings. The van der Waals surface area contributed by atoms with Gasteiger partial charge >= 0.3 is 0 Å². The standard InChI is InChI=1S/C14H22N6S/c1-11-14(21-10-16-11)9-20(7-12-3-4-15-5-12)8-13-6-17-18-19(13)2/h6,10,12,15H,3-5,7-9H2,1-2H3/t12-/m1/s1. The maximum atomic E-state index is 4.37. The molecule has 1 atom stereocenters. The molecule has 3 rings (SSSR count). The fourth-order valence-electron chi connectivity index (χ4n) is 2.78. The first-order valence-corrected chi connectivity index (χ1v) is 8.26. The summed E-state index contributed by atoms with van der Waals surface area (Å²) in [6.45, 7) is 7.31. The third-order valence-electron chi connectivity index (χ3n) is 4.08. The van der Waals surface area contributed by atoms with Gasteiger partial charge in [0.15, 0.2) is 0 Å². The molecule has 114 valence electrons. The monoisotopic (exact) mass is 306 g/mol. The number of thiazole rings is 1. The quantitative estimate of drug-likeness (QED) is 0.869. The summed E-state index contributed by atoms with van der Waals surface area (Å²) in [4.78, 5) is 8.22. The lowest BCUT2D eigenvalue weighted by Gasteiger charge is -2.24. The molecule has 0 aliphatic carbocycles. The van der Waals surface area contributed by atoms with E-state index in [1.54, 1.807) is 11.3 Å². The van der Waals surface area contributed by atoms with Crippen LogP contribution in [0.3, 0.4) is 0 Å². The number of aryl methyl sites for hydroxylation is 2. The molecule has 2 aromatic heterocycles. The lowest BCUT2D eigenvalue weighted by molar-refractivity contribution is 0.217. The number of aromatic nitrogens is 4. The molecule has 2 aromatic rings. The van der Waals surface area contributed by atoms with E-state index in [2.05, 4.69) is 32.4 Å². The second-order valence-corrected chi connectivity index (χ2v) is 6.68. The minimum absolute atomic E-state index is 0.736. The summed E-state index contributed by atoms with van der Waals surface area (Å²) >= 11 is 1.75. The summed E-state index contributed by atoms with van der Waals surface area (Å²) in [6, 6.07) is 0. The van der Waals surface area contributed by atoms with Crippen molar-refractivity contribution in [2.24, 2.45) is 13.0 Å². The summed E-state index contributed by atoms with van der Waals surface area (Å²) in [5.41, 5.74) is 4.24. The van der Waals surface area contributed by atoms with Crippen LogP contribution in [0.1, 0.15) is 22.7 Å². The third kappa shape index (κ3) is 3.66. The molecule has 0 saturated carbocycles. The zero-order chi connectivity index (χ0) is 14.7. The van der Waals surface area contributed by atoms with Gasteiger partial charge in [-0.2, -0.15) is 0 Å². The smallest absolute Gasteiger partial charge is 0.0798 e. The molecule has 1 N–H and O–H groups in total. The van der Waals surface area contributed by atoms with Crippen molar-refractivity contribution in [1.82, 2.24) is 30.2 Å². The Kier molecular flexibility index (Phi) is 4.62. The Morgan fingerprint density at radius 1 is 1.48 bits per heavy atom.